The predicted molar refractivity (Wildman–Crippen MR) is 316 cm³/mol. The lowest BCUT2D eigenvalue weighted by Gasteiger charge is -2.51. The Kier molecular flexibility index (Phi) is 22.6. The van der Waals surface area contributed by atoms with Gasteiger partial charge in [-0.05, 0) is 54.3 Å². The first-order chi connectivity index (χ1) is 43.3. The van der Waals surface area contributed by atoms with Crippen molar-refractivity contribution in [1.82, 2.24) is 15.3 Å². The number of methoxy groups -OCH3 is 1. The number of carbonyl (C=O) groups excluding carboxylic acids is 4. The number of amides is 1. The molecule has 5 fully saturated rings. The molecule has 10 rings (SSSR count). The fourth-order valence-electron chi connectivity index (χ4n) is 12.3. The standard InChI is InChI=1S/C65H76N6O18/c1-38-39(2)83-63(57(80-35-42-23-13-6-14-24-42)53(38)79-34-41-21-11-5-12-22-41)88-54-46(68-59(74)47-32-51(72)70-65(77)69-47)30-45(60(75)78-3)31-48(54)85-64-58(87-52(73)33-67-71-66)56(55-50(86-64)37-82-62(89-55)44-27-17-8-18-28-44)84-49(29-40-19-9-4-10-20-40)61(76)81-36-43-25-15-7-16-26-43/h5-8,11-18,21-28,32,38-40,45-46,48-50,53-58,62-64H,4,9-10,19-20,29-31,33-37H2,1-3H3,(H,68,74)(H2,69,70,72,77)/t38-,39?,45?,46?,48-,49+,50+,53+,54-,55+,56?,57?,58?,62?,63+,64-/m1/s1. The van der Waals surface area contributed by atoms with Crippen LogP contribution in [0.3, 0.4) is 0 Å². The summed E-state index contributed by atoms with van der Waals surface area (Å²) in [7, 11) is 1.21. The summed E-state index contributed by atoms with van der Waals surface area (Å²) in [5, 5.41) is 6.41. The zero-order valence-corrected chi connectivity index (χ0v) is 49.8. The van der Waals surface area contributed by atoms with E-state index in [9.17, 15) is 34.3 Å². The Bertz CT molecular complexity index is 3250. The van der Waals surface area contributed by atoms with Gasteiger partial charge in [0.05, 0.1) is 57.2 Å². The van der Waals surface area contributed by atoms with E-state index >= 15 is 0 Å². The molecular formula is C65H76N6O18. The summed E-state index contributed by atoms with van der Waals surface area (Å²) in [6.07, 6.45) is -11.1. The maximum atomic E-state index is 14.7. The Morgan fingerprint density at radius 3 is 1.99 bits per heavy atom. The highest BCUT2D eigenvalue weighted by molar-refractivity contribution is 5.92. The molecule has 3 N–H and O–H groups in total. The number of nitrogens with one attached hydrogen (secondary N) is 3. The number of azide groups is 1. The summed E-state index contributed by atoms with van der Waals surface area (Å²) < 4.78 is 79.6. The molecule has 4 aromatic carbocycles. The maximum absolute atomic E-state index is 14.7. The Labute approximate surface area is 514 Å². The Balaban J connectivity index is 1.06. The van der Waals surface area contributed by atoms with Gasteiger partial charge in [-0.25, -0.2) is 9.59 Å². The minimum atomic E-state index is -1.71. The van der Waals surface area contributed by atoms with E-state index in [0.717, 1.165) is 54.9 Å². The molecule has 7 unspecified atom stereocenters. The summed E-state index contributed by atoms with van der Waals surface area (Å²) in [5.41, 5.74) is 10.3. The number of aromatic nitrogens is 2. The molecule has 474 valence electrons. The third-order valence-electron chi connectivity index (χ3n) is 17.0. The Morgan fingerprint density at radius 1 is 0.719 bits per heavy atom. The van der Waals surface area contributed by atoms with Crippen LogP contribution in [0, 0.1) is 17.8 Å². The number of esters is 3. The number of rotatable bonds is 24. The third kappa shape index (κ3) is 17.0. The molecule has 4 heterocycles. The highest BCUT2D eigenvalue weighted by Crippen LogP contribution is 2.42. The molecular weight excluding hydrogens is 1150 g/mol. The monoisotopic (exact) mass is 1230 g/mol. The zero-order valence-electron chi connectivity index (χ0n) is 49.8. The number of ether oxygens (including phenoxy) is 12. The second-order valence-electron chi connectivity index (χ2n) is 23.1. The van der Waals surface area contributed by atoms with Crippen LogP contribution < -0.4 is 16.6 Å². The first-order valence-corrected chi connectivity index (χ1v) is 30.3. The molecule has 2 saturated carbocycles. The van der Waals surface area contributed by atoms with Crippen LogP contribution in [0.2, 0.25) is 0 Å². The van der Waals surface area contributed by atoms with Gasteiger partial charge in [-0.15, -0.1) is 0 Å². The van der Waals surface area contributed by atoms with Gasteiger partial charge in [0.1, 0.15) is 49.4 Å². The average molecular weight is 1230 g/mol. The van der Waals surface area contributed by atoms with Crippen molar-refractivity contribution in [3.63, 3.8) is 0 Å². The van der Waals surface area contributed by atoms with Gasteiger partial charge < -0.3 is 67.1 Å². The average Bonchev–Trinajstić information content (AvgIpc) is 0.892. The predicted octanol–water partition coefficient (Wildman–Crippen LogP) is 7.60. The maximum Gasteiger partial charge on any atom is 0.335 e. The van der Waals surface area contributed by atoms with Crippen LogP contribution in [0.5, 0.6) is 0 Å². The van der Waals surface area contributed by atoms with Crippen molar-refractivity contribution >= 4 is 23.8 Å². The number of hydrogen-bond acceptors (Lipinski definition) is 19. The SMILES string of the molecule is COC(=O)C1CC(NC(=O)c2cc(=O)[nH]c(=O)[nH]2)[C@@H](O[C@@H]2OC(C)[C@@H](C)[C@H](OCc3ccccc3)C2OCc2ccccc2)[C@H](O[C@@H]2O[C@H]3COC(c4ccccc4)O[C@@H]3C(O[C@@H](CC3CCCCC3)C(=O)OCc3ccccc3)C2OC(=O)CN=[N+]=[N-])C1. The van der Waals surface area contributed by atoms with Crippen LogP contribution in [0.15, 0.2) is 142 Å². The van der Waals surface area contributed by atoms with Crippen molar-refractivity contribution in [3.8, 4) is 0 Å². The molecule has 2 aliphatic carbocycles. The van der Waals surface area contributed by atoms with E-state index in [0.29, 0.717) is 5.56 Å². The number of aromatic amines is 2. The summed E-state index contributed by atoms with van der Waals surface area (Å²) in [4.78, 5) is 89.9. The van der Waals surface area contributed by atoms with Gasteiger partial charge in [-0.2, -0.15) is 0 Å². The molecule has 24 heteroatoms. The molecule has 3 aliphatic heterocycles. The van der Waals surface area contributed by atoms with E-state index in [1.165, 1.54) is 7.11 Å². The number of nitrogens with zero attached hydrogens (tertiary/aromatic N) is 3. The normalized spacial score (nSPS) is 29.0. The first kappa shape index (κ1) is 64.4. The van der Waals surface area contributed by atoms with Crippen LogP contribution in [0.25, 0.3) is 10.4 Å². The summed E-state index contributed by atoms with van der Waals surface area (Å²) in [6.45, 7) is 3.13. The second kappa shape index (κ2) is 31.2. The van der Waals surface area contributed by atoms with Crippen LogP contribution in [0.4, 0.5) is 0 Å². The first-order valence-electron chi connectivity index (χ1n) is 30.3. The zero-order chi connectivity index (χ0) is 62.2. The molecule has 16 atom stereocenters. The summed E-state index contributed by atoms with van der Waals surface area (Å²) >= 11 is 0. The Morgan fingerprint density at radius 2 is 1.35 bits per heavy atom. The van der Waals surface area contributed by atoms with Crippen LogP contribution in [0.1, 0.15) is 104 Å². The van der Waals surface area contributed by atoms with Gasteiger partial charge in [-0.3, -0.25) is 24.2 Å². The highest BCUT2D eigenvalue weighted by atomic mass is 16.8. The minimum Gasteiger partial charge on any atom is -0.469 e. The lowest BCUT2D eigenvalue weighted by atomic mass is 9.81. The van der Waals surface area contributed by atoms with Crippen molar-refractivity contribution in [2.45, 2.75) is 171 Å². The fourth-order valence-corrected chi connectivity index (χ4v) is 12.3. The molecule has 5 aliphatic rings. The Hall–Kier alpha value is -7.61. The van der Waals surface area contributed by atoms with Crippen molar-refractivity contribution < 1.29 is 76.0 Å². The minimum absolute atomic E-state index is 0.0468. The molecule has 0 spiro atoms. The van der Waals surface area contributed by atoms with Gasteiger partial charge in [-0.1, -0.05) is 165 Å². The fraction of sp³-hybridized carbons (Fsp3) is 0.508. The highest BCUT2D eigenvalue weighted by Gasteiger charge is 2.57. The molecule has 0 bridgehead atoms. The van der Waals surface area contributed by atoms with Gasteiger partial charge >= 0.3 is 23.6 Å². The molecule has 5 aromatic rings. The van der Waals surface area contributed by atoms with Crippen molar-refractivity contribution in [2.75, 3.05) is 20.3 Å². The topological polar surface area (TPSA) is 306 Å². The smallest absolute Gasteiger partial charge is 0.335 e. The van der Waals surface area contributed by atoms with E-state index in [1.54, 1.807) is 0 Å². The number of hydrogen-bond donors (Lipinski definition) is 3. The summed E-state index contributed by atoms with van der Waals surface area (Å²) in [5.74, 6) is -4.62. The lowest BCUT2D eigenvalue weighted by molar-refractivity contribution is -0.382. The second-order valence-corrected chi connectivity index (χ2v) is 23.1. The van der Waals surface area contributed by atoms with Crippen molar-refractivity contribution in [1.29, 1.82) is 0 Å². The van der Waals surface area contributed by atoms with Crippen molar-refractivity contribution in [3.05, 3.63) is 187 Å². The van der Waals surface area contributed by atoms with Gasteiger partial charge in [0.2, 0.25) is 0 Å². The van der Waals surface area contributed by atoms with Gasteiger partial charge in [0.15, 0.2) is 31.1 Å². The van der Waals surface area contributed by atoms with Gasteiger partial charge in [0, 0.05) is 22.5 Å². The molecule has 89 heavy (non-hydrogen) atoms. The van der Waals surface area contributed by atoms with Crippen LogP contribution in [-0.4, -0.2) is 134 Å². The number of H-pyrrole nitrogens is 2. The third-order valence-corrected chi connectivity index (χ3v) is 17.0. The van der Waals surface area contributed by atoms with Crippen molar-refractivity contribution in [2.24, 2.45) is 22.9 Å². The molecule has 1 aromatic heterocycles. The van der Waals surface area contributed by atoms with Gasteiger partial charge in [0.25, 0.3) is 11.5 Å². The van der Waals surface area contributed by atoms with Crippen LogP contribution >= 0.6 is 0 Å². The van der Waals surface area contributed by atoms with E-state index in [1.807, 2.05) is 135 Å². The molecule has 3 saturated heterocycles. The number of fused-ring (bicyclic) bond motifs is 1. The molecule has 0 radical (unpaired) electrons. The van der Waals surface area contributed by atoms with E-state index in [2.05, 4.69) is 25.3 Å². The van der Waals surface area contributed by atoms with E-state index in [-0.39, 0.29) is 57.5 Å². The molecule has 1 amide bonds. The van der Waals surface area contributed by atoms with E-state index < -0.39 is 139 Å². The van der Waals surface area contributed by atoms with E-state index in [4.69, 9.17) is 56.8 Å². The quantitative estimate of drug-likeness (QED) is 0.0176. The number of benzene rings is 4. The lowest BCUT2D eigenvalue weighted by Crippen LogP contribution is -2.67. The number of carbonyl (C=O) groups is 4. The molecule has 24 nitrogen and oxygen atoms in total. The summed E-state index contributed by atoms with van der Waals surface area (Å²) in [6, 6.07) is 37.0. The largest absolute Gasteiger partial charge is 0.469 e. The van der Waals surface area contributed by atoms with Crippen LogP contribution in [-0.2, 0) is 91.0 Å².